The topological polar surface area (TPSA) is 90.0 Å². The predicted octanol–water partition coefficient (Wildman–Crippen LogP) is 2.28. The molecule has 1 aliphatic heterocycles. The molecule has 1 unspecified atom stereocenters. The molecule has 1 amide bonds. The van der Waals surface area contributed by atoms with Gasteiger partial charge in [0.1, 0.15) is 5.75 Å². The molecular weight excluding hydrogens is 378 g/mol. The van der Waals surface area contributed by atoms with Gasteiger partial charge in [-0.3, -0.25) is 4.79 Å². The Kier molecular flexibility index (Phi) is 5.74. The largest absolute Gasteiger partial charge is 0.508 e. The lowest BCUT2D eigenvalue weighted by atomic mass is 10.1. The van der Waals surface area contributed by atoms with E-state index in [0.29, 0.717) is 36.4 Å². The average Bonchev–Trinajstić information content (AvgIpc) is 2.64. The molecule has 2 aromatic rings. The average molecular weight is 404 g/mol. The van der Waals surface area contributed by atoms with Crippen LogP contribution in [0.2, 0.25) is 0 Å². The van der Waals surface area contributed by atoms with E-state index in [4.69, 9.17) is 0 Å². The molecular formula is C20H25N3O4S. The highest BCUT2D eigenvalue weighted by molar-refractivity contribution is 7.89. The highest BCUT2D eigenvalue weighted by Crippen LogP contribution is 2.23. The van der Waals surface area contributed by atoms with E-state index in [-0.39, 0.29) is 22.6 Å². The van der Waals surface area contributed by atoms with E-state index in [9.17, 15) is 18.3 Å². The number of benzene rings is 2. The number of rotatable bonds is 4. The molecule has 3 rings (SSSR count). The molecule has 0 bridgehead atoms. The minimum atomic E-state index is -3.58. The molecule has 0 aliphatic carbocycles. The monoisotopic (exact) mass is 403 g/mol. The number of likely N-dealkylation sites (N-methyl/N-ethyl adjacent to an activating group) is 1. The van der Waals surface area contributed by atoms with Crippen LogP contribution in [0.1, 0.15) is 22.8 Å². The maximum absolute atomic E-state index is 12.9. The predicted molar refractivity (Wildman–Crippen MR) is 108 cm³/mol. The van der Waals surface area contributed by atoms with Crippen molar-refractivity contribution in [1.29, 1.82) is 0 Å². The normalized spacial score (nSPS) is 18.8. The van der Waals surface area contributed by atoms with Crippen molar-refractivity contribution < 1.29 is 18.3 Å². The molecule has 0 saturated carbocycles. The summed E-state index contributed by atoms with van der Waals surface area (Å²) in [7, 11) is -1.60. The maximum Gasteiger partial charge on any atom is 0.255 e. The zero-order chi connectivity index (χ0) is 20.5. The minimum absolute atomic E-state index is 0.0964. The summed E-state index contributed by atoms with van der Waals surface area (Å²) in [5.41, 5.74) is 1.52. The quantitative estimate of drug-likeness (QED) is 0.817. The Morgan fingerprint density at radius 3 is 2.43 bits per heavy atom. The Labute approximate surface area is 165 Å². The molecule has 2 aromatic carbocycles. The third-order valence-electron chi connectivity index (χ3n) is 4.95. The first kappa shape index (κ1) is 20.3. The highest BCUT2D eigenvalue weighted by atomic mass is 32.2. The lowest BCUT2D eigenvalue weighted by Gasteiger charge is -2.37. The van der Waals surface area contributed by atoms with Crippen molar-refractivity contribution in [2.75, 3.05) is 32.0 Å². The third-order valence-corrected chi connectivity index (χ3v) is 6.98. The molecule has 1 fully saturated rings. The molecule has 0 aromatic heterocycles. The zero-order valence-electron chi connectivity index (χ0n) is 16.2. The second-order valence-corrected chi connectivity index (χ2v) is 9.10. The zero-order valence-corrected chi connectivity index (χ0v) is 17.0. The van der Waals surface area contributed by atoms with Crippen LogP contribution in [0.15, 0.2) is 47.4 Å². The van der Waals surface area contributed by atoms with Gasteiger partial charge in [-0.2, -0.15) is 4.31 Å². The minimum Gasteiger partial charge on any atom is -0.508 e. The summed E-state index contributed by atoms with van der Waals surface area (Å²) in [4.78, 5) is 14.7. The van der Waals surface area contributed by atoms with Gasteiger partial charge in [0, 0.05) is 36.9 Å². The fourth-order valence-corrected chi connectivity index (χ4v) is 4.94. The van der Waals surface area contributed by atoms with Crippen LogP contribution in [-0.4, -0.2) is 61.4 Å². The van der Waals surface area contributed by atoms with Gasteiger partial charge in [0.2, 0.25) is 10.0 Å². The molecule has 28 heavy (non-hydrogen) atoms. The SMILES string of the molecule is Cc1cc(C(=O)Nc2ccc(S(=O)(=O)N3CCN(C)CC3C)cc2)ccc1O. The lowest BCUT2D eigenvalue weighted by molar-refractivity contribution is 0.102. The number of aromatic hydroxyl groups is 1. The Balaban J connectivity index is 1.74. The molecule has 1 saturated heterocycles. The summed E-state index contributed by atoms with van der Waals surface area (Å²) >= 11 is 0. The number of piperazine rings is 1. The van der Waals surface area contributed by atoms with Gasteiger partial charge in [-0.05, 0) is 68.9 Å². The van der Waals surface area contributed by atoms with Crippen molar-refractivity contribution in [2.45, 2.75) is 24.8 Å². The van der Waals surface area contributed by atoms with Crippen molar-refractivity contribution in [2.24, 2.45) is 0 Å². The molecule has 0 spiro atoms. The van der Waals surface area contributed by atoms with Gasteiger partial charge in [0.05, 0.1) is 4.90 Å². The van der Waals surface area contributed by atoms with E-state index in [2.05, 4.69) is 10.2 Å². The Hall–Kier alpha value is -2.42. The van der Waals surface area contributed by atoms with Crippen LogP contribution in [0, 0.1) is 6.92 Å². The van der Waals surface area contributed by atoms with Crippen molar-refractivity contribution in [3.05, 3.63) is 53.6 Å². The van der Waals surface area contributed by atoms with E-state index < -0.39 is 10.0 Å². The van der Waals surface area contributed by atoms with Crippen LogP contribution in [-0.2, 0) is 10.0 Å². The Morgan fingerprint density at radius 2 is 1.82 bits per heavy atom. The fraction of sp³-hybridized carbons (Fsp3) is 0.350. The first-order valence-corrected chi connectivity index (χ1v) is 10.5. The van der Waals surface area contributed by atoms with Gasteiger partial charge in [-0.15, -0.1) is 0 Å². The number of carbonyl (C=O) groups excluding carboxylic acids is 1. The molecule has 0 radical (unpaired) electrons. The van der Waals surface area contributed by atoms with Crippen molar-refractivity contribution in [3.63, 3.8) is 0 Å². The smallest absolute Gasteiger partial charge is 0.255 e. The lowest BCUT2D eigenvalue weighted by Crippen LogP contribution is -2.52. The first-order chi connectivity index (χ1) is 13.2. The number of carbonyl (C=O) groups is 1. The number of phenolic OH excluding ortho intramolecular Hbond substituents is 1. The molecule has 1 heterocycles. The Morgan fingerprint density at radius 1 is 1.14 bits per heavy atom. The summed E-state index contributed by atoms with van der Waals surface area (Å²) in [5.74, 6) is -0.198. The number of hydrogen-bond acceptors (Lipinski definition) is 5. The van der Waals surface area contributed by atoms with Crippen molar-refractivity contribution in [3.8, 4) is 5.75 Å². The van der Waals surface area contributed by atoms with Crippen LogP contribution in [0.3, 0.4) is 0 Å². The number of nitrogens with one attached hydrogen (secondary N) is 1. The van der Waals surface area contributed by atoms with Crippen LogP contribution in [0.25, 0.3) is 0 Å². The van der Waals surface area contributed by atoms with E-state index in [0.717, 1.165) is 0 Å². The van der Waals surface area contributed by atoms with Crippen LogP contribution < -0.4 is 5.32 Å². The summed E-state index contributed by atoms with van der Waals surface area (Å²) in [6.45, 7) is 5.47. The van der Waals surface area contributed by atoms with Gasteiger partial charge in [-0.25, -0.2) is 8.42 Å². The van der Waals surface area contributed by atoms with E-state index in [1.807, 2.05) is 14.0 Å². The summed E-state index contributed by atoms with van der Waals surface area (Å²) in [6, 6.07) is 10.7. The van der Waals surface area contributed by atoms with Crippen LogP contribution in [0.5, 0.6) is 5.75 Å². The van der Waals surface area contributed by atoms with Gasteiger partial charge >= 0.3 is 0 Å². The molecule has 150 valence electrons. The van der Waals surface area contributed by atoms with E-state index >= 15 is 0 Å². The second kappa shape index (κ2) is 7.90. The van der Waals surface area contributed by atoms with Crippen LogP contribution >= 0.6 is 0 Å². The Bertz CT molecular complexity index is 973. The van der Waals surface area contributed by atoms with Crippen LogP contribution in [0.4, 0.5) is 5.69 Å². The van der Waals surface area contributed by atoms with Crippen molar-refractivity contribution >= 4 is 21.6 Å². The molecule has 2 N–H and O–H groups in total. The van der Waals surface area contributed by atoms with E-state index in [1.165, 1.54) is 28.6 Å². The maximum atomic E-state index is 12.9. The standard InChI is InChI=1S/C20H25N3O4S/c1-14-12-16(4-9-19(14)24)20(25)21-17-5-7-18(8-6-17)28(26,27)23-11-10-22(3)13-15(23)2/h4-9,12,15,24H,10-11,13H2,1-3H3,(H,21,25). The number of nitrogens with zero attached hydrogens (tertiary/aromatic N) is 2. The number of sulfonamides is 1. The van der Waals surface area contributed by atoms with E-state index in [1.54, 1.807) is 25.1 Å². The molecule has 1 aliphatic rings. The first-order valence-electron chi connectivity index (χ1n) is 9.10. The molecule has 7 nitrogen and oxygen atoms in total. The molecule has 8 heteroatoms. The van der Waals surface area contributed by atoms with Crippen molar-refractivity contribution in [1.82, 2.24) is 9.21 Å². The third kappa shape index (κ3) is 4.19. The summed E-state index contributed by atoms with van der Waals surface area (Å²) in [5, 5.41) is 12.3. The number of aryl methyl sites for hydroxylation is 1. The number of amides is 1. The molecule has 1 atom stereocenters. The van der Waals surface area contributed by atoms with Gasteiger partial charge in [0.15, 0.2) is 0 Å². The summed E-state index contributed by atoms with van der Waals surface area (Å²) in [6.07, 6.45) is 0. The number of anilines is 1. The second-order valence-electron chi connectivity index (χ2n) is 7.21. The summed E-state index contributed by atoms with van der Waals surface area (Å²) < 4.78 is 27.4. The van der Waals surface area contributed by atoms with Gasteiger partial charge < -0.3 is 15.3 Å². The number of hydrogen-bond donors (Lipinski definition) is 2. The number of phenols is 1. The fourth-order valence-electron chi connectivity index (χ4n) is 3.33. The van der Waals surface area contributed by atoms with Gasteiger partial charge in [-0.1, -0.05) is 0 Å². The highest BCUT2D eigenvalue weighted by Gasteiger charge is 2.32. The van der Waals surface area contributed by atoms with Gasteiger partial charge in [0.25, 0.3) is 5.91 Å².